The van der Waals surface area contributed by atoms with Gasteiger partial charge in [-0.05, 0) is 17.5 Å². The number of hydrogen-bond acceptors (Lipinski definition) is 3. The monoisotopic (exact) mass is 264 g/mol. The maximum absolute atomic E-state index is 13.3. The Labute approximate surface area is 108 Å². The minimum absolute atomic E-state index is 0.00236. The third-order valence-corrected chi connectivity index (χ3v) is 2.94. The zero-order chi connectivity index (χ0) is 14.0. The van der Waals surface area contributed by atoms with Crippen LogP contribution in [0.25, 0.3) is 0 Å². The van der Waals surface area contributed by atoms with E-state index in [1.165, 1.54) is 0 Å². The first-order chi connectivity index (χ1) is 9.04. The summed E-state index contributed by atoms with van der Waals surface area (Å²) in [6.07, 6.45) is 0.748. The molecule has 0 aliphatic rings. The summed E-state index contributed by atoms with van der Waals surface area (Å²) < 4.78 is 14.1. The van der Waals surface area contributed by atoms with Gasteiger partial charge in [-0.1, -0.05) is 31.2 Å². The minimum Gasteiger partial charge on any atom is -0.492 e. The number of hydrogen-bond donors (Lipinski definition) is 2. The molecule has 0 aliphatic carbocycles. The van der Waals surface area contributed by atoms with E-state index in [-0.39, 0.29) is 6.54 Å². The Morgan fingerprint density at radius 1 is 1.26 bits per heavy atom. The molecule has 100 valence electrons. The lowest BCUT2D eigenvalue weighted by atomic mass is 10.1. The van der Waals surface area contributed by atoms with Crippen molar-refractivity contribution in [2.45, 2.75) is 19.9 Å². The van der Waals surface area contributed by atoms with Crippen LogP contribution in [0.2, 0.25) is 0 Å². The van der Waals surface area contributed by atoms with Crippen molar-refractivity contribution in [3.05, 3.63) is 62.0 Å². The van der Waals surface area contributed by atoms with E-state index in [2.05, 4.69) is 0 Å². The highest BCUT2D eigenvalue weighted by atomic mass is 19.1. The van der Waals surface area contributed by atoms with Crippen LogP contribution in [0.5, 0.6) is 5.88 Å². The maximum Gasteiger partial charge on any atom is 0.331 e. The standard InChI is InChI=1S/C13H13FN2O3/c1-2-8-5-3-4-6-9(8)7-16-12(18)10(14)11(17)15-13(16)19/h3-6,18H,2,7H2,1H3,(H,15,17,19). The van der Waals surface area contributed by atoms with E-state index in [0.29, 0.717) is 0 Å². The largest absolute Gasteiger partial charge is 0.492 e. The molecule has 1 heterocycles. The molecule has 0 amide bonds. The third-order valence-electron chi connectivity index (χ3n) is 2.94. The Morgan fingerprint density at radius 3 is 2.53 bits per heavy atom. The van der Waals surface area contributed by atoms with Gasteiger partial charge in [-0.3, -0.25) is 14.3 Å². The van der Waals surface area contributed by atoms with E-state index in [1.807, 2.05) is 24.0 Å². The van der Waals surface area contributed by atoms with Crippen molar-refractivity contribution in [2.75, 3.05) is 0 Å². The molecule has 2 N–H and O–H groups in total. The van der Waals surface area contributed by atoms with E-state index in [1.54, 1.807) is 12.1 Å². The molecule has 0 fully saturated rings. The molecule has 0 bridgehead atoms. The SMILES string of the molecule is CCc1ccccc1Cn1c(O)c(F)c(=O)[nH]c1=O. The van der Waals surface area contributed by atoms with Crippen LogP contribution in [0.3, 0.4) is 0 Å². The van der Waals surface area contributed by atoms with Gasteiger partial charge in [-0.2, -0.15) is 4.39 Å². The number of nitrogens with zero attached hydrogens (tertiary/aromatic N) is 1. The van der Waals surface area contributed by atoms with Gasteiger partial charge in [0.15, 0.2) is 0 Å². The molecule has 1 aromatic carbocycles. The molecule has 2 rings (SSSR count). The second kappa shape index (κ2) is 5.09. The lowest BCUT2D eigenvalue weighted by Gasteiger charge is -2.11. The van der Waals surface area contributed by atoms with Gasteiger partial charge in [0.25, 0.3) is 5.56 Å². The summed E-state index contributed by atoms with van der Waals surface area (Å²) in [5.41, 5.74) is -0.286. The Balaban J connectivity index is 2.53. The minimum atomic E-state index is -1.35. The molecule has 0 spiro atoms. The number of rotatable bonds is 3. The fraction of sp³-hybridized carbons (Fsp3) is 0.231. The summed E-state index contributed by atoms with van der Waals surface area (Å²) in [5, 5.41) is 9.55. The van der Waals surface area contributed by atoms with Crippen molar-refractivity contribution in [3.8, 4) is 5.88 Å². The van der Waals surface area contributed by atoms with Crippen molar-refractivity contribution in [1.82, 2.24) is 9.55 Å². The number of benzene rings is 1. The molecule has 0 atom stereocenters. The normalized spacial score (nSPS) is 10.6. The average molecular weight is 264 g/mol. The van der Waals surface area contributed by atoms with Crippen LogP contribution in [-0.4, -0.2) is 14.7 Å². The van der Waals surface area contributed by atoms with Crippen molar-refractivity contribution >= 4 is 0 Å². The van der Waals surface area contributed by atoms with Gasteiger partial charge in [0.05, 0.1) is 6.54 Å². The van der Waals surface area contributed by atoms with Crippen LogP contribution in [-0.2, 0) is 13.0 Å². The number of aromatic hydroxyl groups is 1. The van der Waals surface area contributed by atoms with Gasteiger partial charge in [0, 0.05) is 0 Å². The number of aromatic nitrogens is 2. The third kappa shape index (κ3) is 2.42. The van der Waals surface area contributed by atoms with Crippen LogP contribution in [0.4, 0.5) is 4.39 Å². The van der Waals surface area contributed by atoms with Crippen molar-refractivity contribution in [2.24, 2.45) is 0 Å². The van der Waals surface area contributed by atoms with Gasteiger partial charge < -0.3 is 5.11 Å². The molecular formula is C13H13FN2O3. The molecule has 5 nitrogen and oxygen atoms in total. The van der Waals surface area contributed by atoms with E-state index in [4.69, 9.17) is 0 Å². The highest BCUT2D eigenvalue weighted by molar-refractivity contribution is 5.28. The van der Waals surface area contributed by atoms with E-state index >= 15 is 0 Å². The average Bonchev–Trinajstić information content (AvgIpc) is 2.41. The van der Waals surface area contributed by atoms with Gasteiger partial charge in [-0.15, -0.1) is 0 Å². The first-order valence-corrected chi connectivity index (χ1v) is 5.83. The maximum atomic E-state index is 13.3. The van der Waals surface area contributed by atoms with Crippen LogP contribution >= 0.6 is 0 Å². The Hall–Kier alpha value is -2.37. The Bertz CT molecular complexity index is 719. The van der Waals surface area contributed by atoms with Gasteiger partial charge in [0.1, 0.15) is 0 Å². The smallest absolute Gasteiger partial charge is 0.331 e. The first kappa shape index (κ1) is 13.1. The highest BCUT2D eigenvalue weighted by Crippen LogP contribution is 2.14. The molecule has 0 saturated heterocycles. The predicted molar refractivity (Wildman–Crippen MR) is 67.9 cm³/mol. The second-order valence-electron chi connectivity index (χ2n) is 4.11. The summed E-state index contributed by atoms with van der Waals surface area (Å²) in [7, 11) is 0. The van der Waals surface area contributed by atoms with Gasteiger partial charge in [-0.25, -0.2) is 4.79 Å². The lowest BCUT2D eigenvalue weighted by Crippen LogP contribution is -2.32. The molecule has 0 radical (unpaired) electrons. The number of nitrogens with one attached hydrogen (secondary N) is 1. The first-order valence-electron chi connectivity index (χ1n) is 5.83. The lowest BCUT2D eigenvalue weighted by molar-refractivity contribution is 0.367. The van der Waals surface area contributed by atoms with Gasteiger partial charge >= 0.3 is 5.69 Å². The van der Waals surface area contributed by atoms with Crippen LogP contribution in [0, 0.1) is 5.82 Å². The van der Waals surface area contributed by atoms with Crippen LogP contribution < -0.4 is 11.2 Å². The number of H-pyrrole nitrogens is 1. The van der Waals surface area contributed by atoms with Crippen LogP contribution in [0.1, 0.15) is 18.1 Å². The van der Waals surface area contributed by atoms with Crippen molar-refractivity contribution in [3.63, 3.8) is 0 Å². The van der Waals surface area contributed by atoms with Crippen LogP contribution in [0.15, 0.2) is 33.9 Å². The Morgan fingerprint density at radius 2 is 1.89 bits per heavy atom. The quantitative estimate of drug-likeness (QED) is 0.868. The Kier molecular flexibility index (Phi) is 3.50. The van der Waals surface area contributed by atoms with E-state index < -0.39 is 22.9 Å². The van der Waals surface area contributed by atoms with E-state index in [0.717, 1.165) is 22.1 Å². The highest BCUT2D eigenvalue weighted by Gasteiger charge is 2.14. The molecule has 19 heavy (non-hydrogen) atoms. The van der Waals surface area contributed by atoms with Crippen molar-refractivity contribution < 1.29 is 9.50 Å². The predicted octanol–water partition coefficient (Wildman–Crippen LogP) is 0.992. The molecule has 0 aliphatic heterocycles. The summed E-state index contributed by atoms with van der Waals surface area (Å²) in [6, 6.07) is 7.32. The zero-order valence-electron chi connectivity index (χ0n) is 10.3. The number of aromatic amines is 1. The second-order valence-corrected chi connectivity index (χ2v) is 4.11. The number of halogens is 1. The summed E-state index contributed by atoms with van der Waals surface area (Å²) in [4.78, 5) is 24.4. The summed E-state index contributed by atoms with van der Waals surface area (Å²) in [6.45, 7) is 1.96. The molecular weight excluding hydrogens is 251 g/mol. The molecule has 2 aromatic rings. The van der Waals surface area contributed by atoms with Crippen molar-refractivity contribution in [1.29, 1.82) is 0 Å². The molecule has 1 aromatic heterocycles. The van der Waals surface area contributed by atoms with E-state index in [9.17, 15) is 19.1 Å². The molecule has 0 unspecified atom stereocenters. The number of aryl methyl sites for hydroxylation is 1. The van der Waals surface area contributed by atoms with Gasteiger partial charge in [0.2, 0.25) is 11.7 Å². The summed E-state index contributed by atoms with van der Waals surface area (Å²) in [5.74, 6) is -2.30. The fourth-order valence-corrected chi connectivity index (χ4v) is 1.91. The molecule has 6 heteroatoms. The fourth-order valence-electron chi connectivity index (χ4n) is 1.91. The zero-order valence-corrected chi connectivity index (χ0v) is 10.3. The summed E-state index contributed by atoms with van der Waals surface area (Å²) >= 11 is 0. The topological polar surface area (TPSA) is 75.1 Å². The molecule has 0 saturated carbocycles.